The second-order valence-electron chi connectivity index (χ2n) is 6.09. The molecule has 0 aliphatic heterocycles. The summed E-state index contributed by atoms with van der Waals surface area (Å²) in [4.78, 5) is 4.29. The van der Waals surface area contributed by atoms with Gasteiger partial charge in [-0.25, -0.2) is 4.39 Å². The van der Waals surface area contributed by atoms with Gasteiger partial charge in [0.1, 0.15) is 29.1 Å². The molecule has 3 N–H and O–H groups in total. The third-order valence-corrected chi connectivity index (χ3v) is 3.99. The van der Waals surface area contributed by atoms with Crippen molar-refractivity contribution in [3.63, 3.8) is 0 Å². The van der Waals surface area contributed by atoms with Crippen LogP contribution in [0.2, 0.25) is 0 Å². The molecule has 28 heavy (non-hydrogen) atoms. The Kier molecular flexibility index (Phi) is 5.61. The van der Waals surface area contributed by atoms with Gasteiger partial charge in [-0.3, -0.25) is 4.98 Å². The molecule has 0 saturated carbocycles. The predicted molar refractivity (Wildman–Crippen MR) is 104 cm³/mol. The quantitative estimate of drug-likeness (QED) is 0.346. The van der Waals surface area contributed by atoms with Crippen molar-refractivity contribution in [2.24, 2.45) is 0 Å². The molecule has 1 heterocycles. The molecule has 0 spiro atoms. The minimum Gasteiger partial charge on any atom is -0.513 e. The van der Waals surface area contributed by atoms with E-state index >= 15 is 0 Å². The van der Waals surface area contributed by atoms with Crippen LogP contribution in [0, 0.1) is 17.1 Å². The zero-order valence-electron chi connectivity index (χ0n) is 15.0. The largest absolute Gasteiger partial charge is 0.513 e. The number of fused-ring (bicyclic) bond motifs is 1. The van der Waals surface area contributed by atoms with Crippen LogP contribution in [0.25, 0.3) is 10.9 Å². The van der Waals surface area contributed by atoms with Crippen LogP contribution in [0.15, 0.2) is 54.9 Å². The molecular formula is C21H18FN3O3. The first-order valence-corrected chi connectivity index (χ1v) is 8.53. The minimum absolute atomic E-state index is 0.0327. The molecule has 0 bridgehead atoms. The number of allylic oxidation sites excluding steroid dienone is 1. The Labute approximate surface area is 161 Å². The van der Waals surface area contributed by atoms with E-state index in [0.29, 0.717) is 47.4 Å². The molecule has 0 atom stereocenters. The predicted octanol–water partition coefficient (Wildman–Crippen LogP) is 4.85. The van der Waals surface area contributed by atoms with E-state index in [-0.39, 0.29) is 17.2 Å². The van der Waals surface area contributed by atoms with E-state index in [1.807, 2.05) is 0 Å². The number of pyridine rings is 1. The second-order valence-corrected chi connectivity index (χ2v) is 6.09. The molecule has 3 aromatic rings. The first kappa shape index (κ1) is 19.0. The molecular weight excluding hydrogens is 361 g/mol. The van der Waals surface area contributed by atoms with Crippen molar-refractivity contribution in [2.75, 3.05) is 12.3 Å². The monoisotopic (exact) mass is 379 g/mol. The molecule has 0 unspecified atom stereocenters. The Hall–Kier alpha value is -3.79. The van der Waals surface area contributed by atoms with Gasteiger partial charge in [0.2, 0.25) is 0 Å². The summed E-state index contributed by atoms with van der Waals surface area (Å²) in [5.41, 5.74) is 6.40. The van der Waals surface area contributed by atoms with Crippen molar-refractivity contribution in [1.29, 1.82) is 5.26 Å². The summed E-state index contributed by atoms with van der Waals surface area (Å²) in [6.07, 6.45) is 2.54. The molecule has 0 aliphatic carbocycles. The number of aromatic nitrogens is 1. The molecule has 0 aliphatic rings. The lowest BCUT2D eigenvalue weighted by Gasteiger charge is -2.12. The Morgan fingerprint density at radius 3 is 2.79 bits per heavy atom. The van der Waals surface area contributed by atoms with E-state index in [9.17, 15) is 9.65 Å². The van der Waals surface area contributed by atoms with Gasteiger partial charge in [0, 0.05) is 30.1 Å². The maximum atomic E-state index is 13.7. The Morgan fingerprint density at radius 2 is 2.07 bits per heavy atom. The topological polar surface area (TPSA) is 101 Å². The minimum atomic E-state index is -0.574. The highest BCUT2D eigenvalue weighted by molar-refractivity contribution is 5.88. The number of anilines is 1. The smallest absolute Gasteiger partial charge is 0.149 e. The number of aliphatic hydroxyl groups excluding tert-OH is 1. The summed E-state index contributed by atoms with van der Waals surface area (Å²) >= 11 is 0. The summed E-state index contributed by atoms with van der Waals surface area (Å²) in [5, 5.41) is 19.2. The number of nitrogen functional groups attached to an aromatic ring is 1. The van der Waals surface area contributed by atoms with E-state index in [4.69, 9.17) is 20.3 Å². The van der Waals surface area contributed by atoms with Crippen LogP contribution in [0.5, 0.6) is 17.2 Å². The van der Waals surface area contributed by atoms with Gasteiger partial charge >= 0.3 is 0 Å². The lowest BCUT2D eigenvalue weighted by Crippen LogP contribution is -2.00. The van der Waals surface area contributed by atoms with Gasteiger partial charge in [-0.1, -0.05) is 6.58 Å². The SMILES string of the molecule is C=C(O)CCCOc1cc2nccc(Oc3ccc(N)c(F)c3)c2cc1C#N. The van der Waals surface area contributed by atoms with Gasteiger partial charge < -0.3 is 20.3 Å². The molecule has 7 heteroatoms. The fourth-order valence-electron chi connectivity index (χ4n) is 2.60. The molecule has 2 aromatic carbocycles. The van der Waals surface area contributed by atoms with Gasteiger partial charge in [-0.05, 0) is 30.7 Å². The summed E-state index contributed by atoms with van der Waals surface area (Å²) in [6, 6.07) is 11.2. The van der Waals surface area contributed by atoms with E-state index in [1.54, 1.807) is 30.5 Å². The number of aliphatic hydroxyl groups is 1. The zero-order valence-corrected chi connectivity index (χ0v) is 15.0. The summed E-state index contributed by atoms with van der Waals surface area (Å²) in [7, 11) is 0. The fraction of sp³-hybridized carbons (Fsp3) is 0.143. The lowest BCUT2D eigenvalue weighted by atomic mass is 10.1. The van der Waals surface area contributed by atoms with Crippen molar-refractivity contribution in [2.45, 2.75) is 12.8 Å². The van der Waals surface area contributed by atoms with Crippen LogP contribution >= 0.6 is 0 Å². The first-order valence-electron chi connectivity index (χ1n) is 8.53. The highest BCUT2D eigenvalue weighted by atomic mass is 19.1. The zero-order chi connectivity index (χ0) is 20.1. The number of nitrogens with zero attached hydrogens (tertiary/aromatic N) is 2. The summed E-state index contributed by atoms with van der Waals surface area (Å²) in [5.74, 6) is 0.609. The number of hydrogen-bond acceptors (Lipinski definition) is 6. The molecule has 3 rings (SSSR count). The van der Waals surface area contributed by atoms with Gasteiger partial charge in [0.25, 0.3) is 0 Å². The molecule has 0 amide bonds. The van der Waals surface area contributed by atoms with Crippen LogP contribution in [-0.2, 0) is 0 Å². The maximum Gasteiger partial charge on any atom is 0.149 e. The van der Waals surface area contributed by atoms with Crippen molar-refractivity contribution < 1.29 is 19.0 Å². The normalized spacial score (nSPS) is 10.4. The second kappa shape index (κ2) is 8.27. The number of hydrogen-bond donors (Lipinski definition) is 2. The third kappa shape index (κ3) is 4.30. The molecule has 0 fully saturated rings. The Morgan fingerprint density at radius 1 is 1.25 bits per heavy atom. The first-order chi connectivity index (χ1) is 13.5. The summed E-state index contributed by atoms with van der Waals surface area (Å²) in [6.45, 7) is 3.74. The molecule has 1 aromatic heterocycles. The standard InChI is InChI=1S/C21H18FN3O3/c1-13(26)3-2-8-27-21-11-19-16(9-14(21)12-23)20(6-7-25-19)28-15-4-5-18(24)17(22)10-15/h4-7,9-11,26H,1-3,8,24H2. The van der Waals surface area contributed by atoms with Gasteiger partial charge in [0.15, 0.2) is 0 Å². The third-order valence-electron chi connectivity index (χ3n) is 3.99. The summed E-state index contributed by atoms with van der Waals surface area (Å²) < 4.78 is 25.1. The van der Waals surface area contributed by atoms with E-state index < -0.39 is 5.82 Å². The van der Waals surface area contributed by atoms with Crippen molar-refractivity contribution in [1.82, 2.24) is 4.98 Å². The number of nitriles is 1. The van der Waals surface area contributed by atoms with Crippen LogP contribution in [0.3, 0.4) is 0 Å². The van der Waals surface area contributed by atoms with Crippen LogP contribution < -0.4 is 15.2 Å². The van der Waals surface area contributed by atoms with Gasteiger partial charge in [0.05, 0.1) is 29.1 Å². The van der Waals surface area contributed by atoms with E-state index in [1.165, 1.54) is 12.1 Å². The highest BCUT2D eigenvalue weighted by Crippen LogP contribution is 2.33. The van der Waals surface area contributed by atoms with Crippen molar-refractivity contribution in [3.8, 4) is 23.3 Å². The van der Waals surface area contributed by atoms with E-state index in [0.717, 1.165) is 0 Å². The number of ether oxygens (including phenoxy) is 2. The number of rotatable bonds is 7. The number of halogens is 1. The Bertz CT molecular complexity index is 1080. The van der Waals surface area contributed by atoms with Crippen LogP contribution in [0.1, 0.15) is 18.4 Å². The maximum absolute atomic E-state index is 13.7. The number of nitrogens with two attached hydrogens (primary N) is 1. The van der Waals surface area contributed by atoms with Gasteiger partial charge in [-0.2, -0.15) is 5.26 Å². The molecule has 0 saturated heterocycles. The molecule has 142 valence electrons. The Balaban J connectivity index is 1.90. The molecule has 6 nitrogen and oxygen atoms in total. The lowest BCUT2D eigenvalue weighted by molar-refractivity contribution is 0.295. The average Bonchev–Trinajstić information content (AvgIpc) is 2.67. The van der Waals surface area contributed by atoms with Crippen LogP contribution in [0.4, 0.5) is 10.1 Å². The highest BCUT2D eigenvalue weighted by Gasteiger charge is 2.12. The van der Waals surface area contributed by atoms with Crippen molar-refractivity contribution >= 4 is 16.6 Å². The van der Waals surface area contributed by atoms with Gasteiger partial charge in [-0.15, -0.1) is 0 Å². The van der Waals surface area contributed by atoms with E-state index in [2.05, 4.69) is 17.6 Å². The fourth-order valence-corrected chi connectivity index (χ4v) is 2.60. The molecule has 0 radical (unpaired) electrons. The average molecular weight is 379 g/mol. The van der Waals surface area contributed by atoms with Crippen molar-refractivity contribution in [3.05, 3.63) is 66.3 Å². The number of benzene rings is 2. The van der Waals surface area contributed by atoms with Crippen LogP contribution in [-0.4, -0.2) is 16.7 Å².